The lowest BCUT2D eigenvalue weighted by molar-refractivity contribution is 0.627. The molecule has 0 saturated carbocycles. The van der Waals surface area contributed by atoms with Crippen LogP contribution in [0.5, 0.6) is 0 Å². The Labute approximate surface area is 186 Å². The fraction of sp³-hybridized carbons (Fsp3) is 0.286. The van der Waals surface area contributed by atoms with Crippen LogP contribution in [0.25, 0.3) is 6.08 Å². The smallest absolute Gasteiger partial charge is 0.123 e. The lowest BCUT2D eigenvalue weighted by atomic mass is 10.0. The summed E-state index contributed by atoms with van der Waals surface area (Å²) in [4.78, 5) is 2.46. The second-order valence-corrected chi connectivity index (χ2v) is 8.04. The molecule has 0 aromatic heterocycles. The highest BCUT2D eigenvalue weighted by Gasteiger charge is 2.07. The second-order valence-electron chi connectivity index (χ2n) is 8.04. The summed E-state index contributed by atoms with van der Waals surface area (Å²) >= 11 is 0. The predicted octanol–water partition coefficient (Wildman–Crippen LogP) is 7.74. The van der Waals surface area contributed by atoms with Crippen molar-refractivity contribution in [1.29, 1.82) is 0 Å². The number of benzene rings is 3. The first-order valence-corrected chi connectivity index (χ1v) is 11.2. The molecule has 0 unspecified atom stereocenters. The first-order chi connectivity index (χ1) is 15.0. The number of rotatable bonds is 10. The molecule has 0 saturated heterocycles. The Hall–Kier alpha value is -3.07. The van der Waals surface area contributed by atoms with E-state index in [4.69, 9.17) is 0 Å². The average molecular weight is 417 g/mol. The maximum absolute atomic E-state index is 13.4. The first-order valence-electron chi connectivity index (χ1n) is 11.2. The van der Waals surface area contributed by atoms with Gasteiger partial charge in [-0.3, -0.25) is 0 Å². The van der Waals surface area contributed by atoms with Gasteiger partial charge < -0.3 is 10.2 Å². The molecule has 3 aromatic rings. The third kappa shape index (κ3) is 5.97. The highest BCUT2D eigenvalue weighted by atomic mass is 19.1. The van der Waals surface area contributed by atoms with Gasteiger partial charge in [-0.2, -0.15) is 0 Å². The summed E-state index contributed by atoms with van der Waals surface area (Å²) in [7, 11) is 0. The van der Waals surface area contributed by atoms with Gasteiger partial charge in [-0.25, -0.2) is 4.39 Å². The molecule has 0 fully saturated rings. The third-order valence-electron chi connectivity index (χ3n) is 5.49. The molecule has 3 rings (SSSR count). The van der Waals surface area contributed by atoms with Crippen molar-refractivity contribution >= 4 is 23.1 Å². The molecule has 3 heteroatoms. The van der Waals surface area contributed by atoms with E-state index in [9.17, 15) is 4.39 Å². The van der Waals surface area contributed by atoms with Crippen LogP contribution in [0.1, 0.15) is 48.9 Å². The fourth-order valence-corrected chi connectivity index (χ4v) is 3.89. The molecule has 0 bridgehead atoms. The SMILES string of the molecule is C=Cc1cc(Cc2ccc(N(CCC)CCC)cc2)ccc1Nc1ccc(F)cc1C. The van der Waals surface area contributed by atoms with E-state index in [1.165, 1.54) is 28.9 Å². The molecule has 0 aliphatic carbocycles. The average Bonchev–Trinajstić information content (AvgIpc) is 2.77. The molecule has 162 valence electrons. The van der Waals surface area contributed by atoms with E-state index in [0.29, 0.717) is 0 Å². The maximum Gasteiger partial charge on any atom is 0.123 e. The number of anilines is 3. The Morgan fingerprint density at radius 2 is 1.52 bits per heavy atom. The third-order valence-corrected chi connectivity index (χ3v) is 5.49. The highest BCUT2D eigenvalue weighted by Crippen LogP contribution is 2.27. The number of halogens is 1. The van der Waals surface area contributed by atoms with Crippen LogP contribution < -0.4 is 10.2 Å². The standard InChI is InChI=1S/C28H33FN2/c1-5-16-31(17-6-2)26-12-8-22(9-13-26)19-23-10-14-28(24(7-3)20-23)30-27-15-11-25(29)18-21(27)4/h7-15,18,20,30H,3,5-6,16-17,19H2,1-2,4H3. The van der Waals surface area contributed by atoms with Gasteiger partial charge in [-0.15, -0.1) is 0 Å². The van der Waals surface area contributed by atoms with Crippen molar-refractivity contribution in [3.63, 3.8) is 0 Å². The fourth-order valence-electron chi connectivity index (χ4n) is 3.89. The number of aryl methyl sites for hydroxylation is 1. The van der Waals surface area contributed by atoms with E-state index in [1.54, 1.807) is 6.07 Å². The summed E-state index contributed by atoms with van der Waals surface area (Å²) in [5.74, 6) is -0.221. The van der Waals surface area contributed by atoms with Crippen molar-refractivity contribution in [3.05, 3.63) is 95.3 Å². The number of hydrogen-bond donors (Lipinski definition) is 1. The number of nitrogens with zero attached hydrogens (tertiary/aromatic N) is 1. The predicted molar refractivity (Wildman–Crippen MR) is 133 cm³/mol. The van der Waals surface area contributed by atoms with Gasteiger partial charge in [0.15, 0.2) is 0 Å². The van der Waals surface area contributed by atoms with Crippen molar-refractivity contribution in [1.82, 2.24) is 0 Å². The van der Waals surface area contributed by atoms with Gasteiger partial charge in [0.2, 0.25) is 0 Å². The minimum absolute atomic E-state index is 0.221. The molecule has 1 N–H and O–H groups in total. The Bertz CT molecular complexity index is 1000. The molecule has 0 aliphatic rings. The molecule has 0 atom stereocenters. The summed E-state index contributed by atoms with van der Waals surface area (Å²) in [6, 6.07) is 20.1. The minimum Gasteiger partial charge on any atom is -0.372 e. The van der Waals surface area contributed by atoms with E-state index in [0.717, 1.165) is 54.9 Å². The van der Waals surface area contributed by atoms with Crippen LogP contribution in [0.4, 0.5) is 21.5 Å². The molecule has 0 amide bonds. The van der Waals surface area contributed by atoms with Gasteiger partial charge in [0.05, 0.1) is 0 Å². The Balaban J connectivity index is 1.74. The van der Waals surface area contributed by atoms with Crippen LogP contribution in [0.2, 0.25) is 0 Å². The molecular weight excluding hydrogens is 383 g/mol. The molecule has 0 heterocycles. The van der Waals surface area contributed by atoms with Gasteiger partial charge in [0.1, 0.15) is 5.82 Å². The molecule has 2 nitrogen and oxygen atoms in total. The zero-order valence-corrected chi connectivity index (χ0v) is 18.9. The van der Waals surface area contributed by atoms with E-state index in [1.807, 2.05) is 13.0 Å². The van der Waals surface area contributed by atoms with E-state index < -0.39 is 0 Å². The molecule has 0 spiro atoms. The van der Waals surface area contributed by atoms with E-state index in [-0.39, 0.29) is 5.82 Å². The van der Waals surface area contributed by atoms with Crippen LogP contribution in [-0.2, 0) is 6.42 Å². The number of hydrogen-bond acceptors (Lipinski definition) is 2. The topological polar surface area (TPSA) is 15.3 Å². The van der Waals surface area contributed by atoms with Crippen molar-refractivity contribution in [2.45, 2.75) is 40.0 Å². The van der Waals surface area contributed by atoms with Gasteiger partial charge in [0, 0.05) is 30.2 Å². The van der Waals surface area contributed by atoms with Crippen molar-refractivity contribution < 1.29 is 4.39 Å². The quantitative estimate of drug-likeness (QED) is 0.364. The van der Waals surface area contributed by atoms with Crippen LogP contribution in [0, 0.1) is 12.7 Å². The van der Waals surface area contributed by atoms with Gasteiger partial charge in [0.25, 0.3) is 0 Å². The molecule has 31 heavy (non-hydrogen) atoms. The zero-order chi connectivity index (χ0) is 22.2. The normalized spacial score (nSPS) is 10.7. The van der Waals surface area contributed by atoms with Crippen LogP contribution in [0.15, 0.2) is 67.2 Å². The van der Waals surface area contributed by atoms with Gasteiger partial charge >= 0.3 is 0 Å². The largest absolute Gasteiger partial charge is 0.372 e. The van der Waals surface area contributed by atoms with Crippen molar-refractivity contribution in [2.24, 2.45) is 0 Å². The van der Waals surface area contributed by atoms with Gasteiger partial charge in [-0.05, 0) is 90.9 Å². The number of nitrogens with one attached hydrogen (secondary N) is 1. The monoisotopic (exact) mass is 416 g/mol. The zero-order valence-electron chi connectivity index (χ0n) is 18.9. The van der Waals surface area contributed by atoms with Crippen molar-refractivity contribution in [3.8, 4) is 0 Å². The van der Waals surface area contributed by atoms with E-state index in [2.05, 4.69) is 73.1 Å². The second kappa shape index (κ2) is 10.8. The molecule has 3 aromatic carbocycles. The van der Waals surface area contributed by atoms with E-state index >= 15 is 0 Å². The minimum atomic E-state index is -0.221. The summed E-state index contributed by atoms with van der Waals surface area (Å²) in [5.41, 5.74) is 7.61. The summed E-state index contributed by atoms with van der Waals surface area (Å²) in [5, 5.41) is 3.41. The lowest BCUT2D eigenvalue weighted by Crippen LogP contribution is -2.24. The summed E-state index contributed by atoms with van der Waals surface area (Å²) in [6.45, 7) is 12.5. The van der Waals surface area contributed by atoms with Crippen LogP contribution in [-0.4, -0.2) is 13.1 Å². The molecule has 0 radical (unpaired) electrons. The van der Waals surface area contributed by atoms with Crippen LogP contribution in [0.3, 0.4) is 0 Å². The van der Waals surface area contributed by atoms with Crippen molar-refractivity contribution in [2.75, 3.05) is 23.3 Å². The molecule has 0 aliphatic heterocycles. The first kappa shape index (κ1) is 22.6. The van der Waals surface area contributed by atoms with Crippen LogP contribution >= 0.6 is 0 Å². The highest BCUT2D eigenvalue weighted by molar-refractivity contribution is 5.73. The Kier molecular flexibility index (Phi) is 7.88. The maximum atomic E-state index is 13.4. The van der Waals surface area contributed by atoms with Gasteiger partial charge in [-0.1, -0.05) is 44.7 Å². The molecular formula is C28H33FN2. The Morgan fingerprint density at radius 3 is 2.13 bits per heavy atom. The summed E-state index contributed by atoms with van der Waals surface area (Å²) in [6.07, 6.45) is 5.05. The summed E-state index contributed by atoms with van der Waals surface area (Å²) < 4.78 is 13.4. The Morgan fingerprint density at radius 1 is 0.871 bits per heavy atom. The lowest BCUT2D eigenvalue weighted by Gasteiger charge is -2.24.